The maximum atomic E-state index is 13.5. The molecule has 0 spiro atoms. The average molecular weight is 353 g/mol. The third kappa shape index (κ3) is 4.53. The molecule has 124 valence electrons. The van der Waals surface area contributed by atoms with Gasteiger partial charge in [0.25, 0.3) is 0 Å². The Hall–Kier alpha value is -2.93. The third-order valence-corrected chi connectivity index (χ3v) is 3.03. The number of carboxylic acids is 1. The lowest BCUT2D eigenvalue weighted by molar-refractivity contribution is -0.140. The molecule has 0 radical (unpaired) electrons. The van der Waals surface area contributed by atoms with Crippen LogP contribution < -0.4 is 4.74 Å². The molecule has 24 heavy (non-hydrogen) atoms. The summed E-state index contributed by atoms with van der Waals surface area (Å²) in [6.07, 6.45) is 0. The molecule has 2 rings (SSSR count). The lowest BCUT2D eigenvalue weighted by Crippen LogP contribution is -2.19. The molecule has 0 aliphatic heterocycles. The molecule has 6 nitrogen and oxygen atoms in total. The van der Waals surface area contributed by atoms with Crippen LogP contribution in [-0.4, -0.2) is 29.6 Å². The van der Waals surface area contributed by atoms with Gasteiger partial charge in [-0.2, -0.15) is 0 Å². The van der Waals surface area contributed by atoms with E-state index in [-0.39, 0.29) is 21.9 Å². The highest BCUT2D eigenvalue weighted by Crippen LogP contribution is 2.21. The van der Waals surface area contributed by atoms with Gasteiger partial charge >= 0.3 is 17.9 Å². The van der Waals surface area contributed by atoms with E-state index in [0.717, 1.165) is 12.1 Å². The Labute approximate surface area is 140 Å². The second-order valence-corrected chi connectivity index (χ2v) is 4.95. The maximum absolute atomic E-state index is 13.5. The number of carbonyl (C=O) groups excluding carboxylic acids is 2. The minimum Gasteiger partial charge on any atom is -0.479 e. The van der Waals surface area contributed by atoms with E-state index in [9.17, 15) is 18.8 Å². The van der Waals surface area contributed by atoms with E-state index in [2.05, 4.69) is 4.74 Å². The van der Waals surface area contributed by atoms with E-state index in [1.807, 2.05) is 0 Å². The lowest BCUT2D eigenvalue weighted by atomic mass is 10.1. The molecule has 0 fully saturated rings. The van der Waals surface area contributed by atoms with Gasteiger partial charge < -0.3 is 14.6 Å². The normalized spacial score (nSPS) is 10.1. The number of aromatic carboxylic acids is 1. The van der Waals surface area contributed by atoms with Gasteiger partial charge in [-0.25, -0.2) is 18.8 Å². The van der Waals surface area contributed by atoms with Gasteiger partial charge in [-0.3, -0.25) is 0 Å². The number of ether oxygens (including phenoxy) is 2. The van der Waals surface area contributed by atoms with Crippen LogP contribution >= 0.6 is 11.6 Å². The summed E-state index contributed by atoms with van der Waals surface area (Å²) in [5, 5.41) is 9.01. The second kappa shape index (κ2) is 7.56. The summed E-state index contributed by atoms with van der Waals surface area (Å²) in [5.41, 5.74) is -0.239. The first-order valence-corrected chi connectivity index (χ1v) is 6.91. The standard InChI is InChI=1S/C16H10ClFO6/c17-11-4-5-13(12(18)7-11)23-8-14(19)24-16(22)10-3-1-2-9(6-10)15(20)21/h1-7H,8H2,(H,20,21). The molecule has 8 heteroatoms. The molecule has 0 heterocycles. The fourth-order valence-electron chi connectivity index (χ4n) is 1.70. The van der Waals surface area contributed by atoms with Gasteiger partial charge in [0.05, 0.1) is 11.1 Å². The third-order valence-electron chi connectivity index (χ3n) is 2.79. The van der Waals surface area contributed by atoms with Crippen molar-refractivity contribution in [3.63, 3.8) is 0 Å². The summed E-state index contributed by atoms with van der Waals surface area (Å²) in [4.78, 5) is 34.2. The van der Waals surface area contributed by atoms with Crippen molar-refractivity contribution in [2.45, 2.75) is 0 Å². The summed E-state index contributed by atoms with van der Waals surface area (Å²) < 4.78 is 22.9. The van der Waals surface area contributed by atoms with E-state index in [4.69, 9.17) is 21.4 Å². The zero-order chi connectivity index (χ0) is 17.7. The van der Waals surface area contributed by atoms with Crippen molar-refractivity contribution in [3.8, 4) is 5.75 Å². The Bertz CT molecular complexity index is 805. The first kappa shape index (κ1) is 17.4. The lowest BCUT2D eigenvalue weighted by Gasteiger charge is -2.07. The summed E-state index contributed by atoms with van der Waals surface area (Å²) in [7, 11) is 0. The van der Waals surface area contributed by atoms with Gasteiger partial charge in [-0.1, -0.05) is 17.7 Å². The molecule has 0 saturated carbocycles. The minimum atomic E-state index is -1.22. The van der Waals surface area contributed by atoms with Crippen LogP contribution in [0.3, 0.4) is 0 Å². The van der Waals surface area contributed by atoms with E-state index in [1.165, 1.54) is 30.3 Å². The number of hydrogen-bond donors (Lipinski definition) is 1. The quantitative estimate of drug-likeness (QED) is 0.657. The van der Waals surface area contributed by atoms with E-state index in [0.29, 0.717) is 0 Å². The summed E-state index contributed by atoms with van der Waals surface area (Å²) >= 11 is 5.58. The fraction of sp³-hybridized carbons (Fsp3) is 0.0625. The highest BCUT2D eigenvalue weighted by atomic mass is 35.5. The van der Waals surface area contributed by atoms with Crippen molar-refractivity contribution in [2.75, 3.05) is 6.61 Å². The maximum Gasteiger partial charge on any atom is 0.352 e. The summed E-state index contributed by atoms with van der Waals surface area (Å²) in [6.45, 7) is -0.705. The first-order chi connectivity index (χ1) is 11.4. The number of esters is 2. The van der Waals surface area contributed by atoms with Crippen LogP contribution in [0.4, 0.5) is 4.39 Å². The van der Waals surface area contributed by atoms with Gasteiger partial charge in [0, 0.05) is 5.02 Å². The molecule has 0 aliphatic rings. The van der Waals surface area contributed by atoms with Crippen LogP contribution in [0.25, 0.3) is 0 Å². The van der Waals surface area contributed by atoms with Crippen molar-refractivity contribution in [1.29, 1.82) is 0 Å². The first-order valence-electron chi connectivity index (χ1n) is 6.53. The van der Waals surface area contributed by atoms with Crippen molar-refractivity contribution in [3.05, 3.63) is 64.4 Å². The van der Waals surface area contributed by atoms with Crippen LogP contribution in [0.2, 0.25) is 5.02 Å². The molecule has 0 aliphatic carbocycles. The van der Waals surface area contributed by atoms with E-state index >= 15 is 0 Å². The zero-order valence-corrected chi connectivity index (χ0v) is 12.7. The Balaban J connectivity index is 1.95. The molecular weight excluding hydrogens is 343 g/mol. The number of halogens is 2. The Morgan fingerprint density at radius 1 is 1.08 bits per heavy atom. The molecule has 2 aromatic carbocycles. The minimum absolute atomic E-state index is 0.110. The summed E-state index contributed by atoms with van der Waals surface area (Å²) in [6, 6.07) is 8.58. The Morgan fingerprint density at radius 2 is 1.79 bits per heavy atom. The molecule has 0 unspecified atom stereocenters. The molecule has 0 amide bonds. The Morgan fingerprint density at radius 3 is 2.46 bits per heavy atom. The zero-order valence-electron chi connectivity index (χ0n) is 12.0. The Kier molecular flexibility index (Phi) is 5.49. The van der Waals surface area contributed by atoms with E-state index in [1.54, 1.807) is 0 Å². The molecule has 1 N–H and O–H groups in total. The largest absolute Gasteiger partial charge is 0.479 e. The topological polar surface area (TPSA) is 89.9 Å². The van der Waals surface area contributed by atoms with Crippen LogP contribution in [0, 0.1) is 5.82 Å². The molecule has 0 bridgehead atoms. The number of carbonyl (C=O) groups is 3. The van der Waals surface area contributed by atoms with Crippen molar-refractivity contribution in [2.24, 2.45) is 0 Å². The summed E-state index contributed by atoms with van der Waals surface area (Å²) in [5.74, 6) is -4.32. The number of benzene rings is 2. The molecule has 0 saturated heterocycles. The van der Waals surface area contributed by atoms with Gasteiger partial charge in [0.15, 0.2) is 18.2 Å². The van der Waals surface area contributed by atoms with Gasteiger partial charge in [-0.15, -0.1) is 0 Å². The van der Waals surface area contributed by atoms with Crippen LogP contribution in [-0.2, 0) is 9.53 Å². The van der Waals surface area contributed by atoms with Gasteiger partial charge in [0.1, 0.15) is 0 Å². The highest BCUT2D eigenvalue weighted by molar-refractivity contribution is 6.30. The van der Waals surface area contributed by atoms with Crippen molar-refractivity contribution in [1.82, 2.24) is 0 Å². The van der Waals surface area contributed by atoms with E-state index < -0.39 is 30.3 Å². The molecule has 0 atom stereocenters. The fourth-order valence-corrected chi connectivity index (χ4v) is 1.86. The SMILES string of the molecule is O=C(COc1ccc(Cl)cc1F)OC(=O)c1cccc(C(=O)O)c1. The monoisotopic (exact) mass is 352 g/mol. The van der Waals surface area contributed by atoms with Crippen molar-refractivity contribution >= 4 is 29.5 Å². The second-order valence-electron chi connectivity index (χ2n) is 4.51. The smallest absolute Gasteiger partial charge is 0.352 e. The van der Waals surface area contributed by atoms with Crippen LogP contribution in [0.1, 0.15) is 20.7 Å². The van der Waals surface area contributed by atoms with Gasteiger partial charge in [0.2, 0.25) is 0 Å². The van der Waals surface area contributed by atoms with Gasteiger partial charge in [-0.05, 0) is 36.4 Å². The predicted molar refractivity (Wildman–Crippen MR) is 80.7 cm³/mol. The average Bonchev–Trinajstić information content (AvgIpc) is 2.54. The number of carboxylic acid groups (broad SMARTS) is 1. The van der Waals surface area contributed by atoms with Crippen LogP contribution in [0.15, 0.2) is 42.5 Å². The molecule has 0 aromatic heterocycles. The number of rotatable bonds is 5. The van der Waals surface area contributed by atoms with Crippen molar-refractivity contribution < 1.29 is 33.4 Å². The number of hydrogen-bond acceptors (Lipinski definition) is 5. The molecule has 2 aromatic rings. The highest BCUT2D eigenvalue weighted by Gasteiger charge is 2.16. The van der Waals surface area contributed by atoms with Crippen LogP contribution in [0.5, 0.6) is 5.75 Å². The predicted octanol–water partition coefficient (Wildman–Crippen LogP) is 2.94. The molecular formula is C16H10ClFO6.